The number of allylic oxidation sites excluding steroid dienone is 2. The Kier molecular flexibility index (Phi) is 8.58. The molecular formula is C21H37NO4. The van der Waals surface area contributed by atoms with Crippen LogP contribution in [-0.4, -0.2) is 41.2 Å². The molecule has 2 aliphatic rings. The highest BCUT2D eigenvalue weighted by Crippen LogP contribution is 2.43. The molecule has 26 heavy (non-hydrogen) atoms. The van der Waals surface area contributed by atoms with Gasteiger partial charge in [-0.05, 0) is 63.2 Å². The van der Waals surface area contributed by atoms with Gasteiger partial charge in [-0.15, -0.1) is 0 Å². The molecule has 1 heterocycles. The first-order chi connectivity index (χ1) is 12.5. The molecule has 2 unspecified atom stereocenters. The molecule has 0 amide bonds. The first kappa shape index (κ1) is 21.4. The van der Waals surface area contributed by atoms with E-state index in [1.54, 1.807) is 0 Å². The number of rotatable bonds is 10. The zero-order valence-corrected chi connectivity index (χ0v) is 16.5. The van der Waals surface area contributed by atoms with Crippen LogP contribution in [0, 0.1) is 11.8 Å². The van der Waals surface area contributed by atoms with Crippen LogP contribution >= 0.6 is 0 Å². The van der Waals surface area contributed by atoms with Crippen LogP contribution in [0.5, 0.6) is 0 Å². The van der Waals surface area contributed by atoms with E-state index in [1.807, 2.05) is 0 Å². The minimum Gasteiger partial charge on any atom is -0.469 e. The maximum absolute atomic E-state index is 11.1. The number of nitrogens with one attached hydrogen (secondary N) is 1. The van der Waals surface area contributed by atoms with Crippen LogP contribution in [0.15, 0.2) is 12.2 Å². The normalized spacial score (nSPS) is 34.2. The second-order valence-corrected chi connectivity index (χ2v) is 8.08. The summed E-state index contributed by atoms with van der Waals surface area (Å²) >= 11 is 0. The number of fused-ring (bicyclic) bond motifs is 1. The lowest BCUT2D eigenvalue weighted by Crippen LogP contribution is -2.56. The SMILES string of the molecule is CCCCCC1(O)CC[C@@H]2C(C/C=C\CCCC(=O)OC)[C@@H](O)C[C@H]2N1. The van der Waals surface area contributed by atoms with Crippen LogP contribution in [0.2, 0.25) is 0 Å². The Labute approximate surface area is 158 Å². The lowest BCUT2D eigenvalue weighted by Gasteiger charge is -2.41. The standard InChI is InChI=1S/C21H37NO4/c1-3-4-9-13-21(25)14-12-16-17(19(23)15-18(16)22-21)10-7-5-6-8-11-20(24)26-2/h5,7,16-19,22-23,25H,3-4,6,8-15H2,1-2H3/b7-5-/t16-,17?,18-,19+,21?/m1/s1. The Morgan fingerprint density at radius 3 is 2.85 bits per heavy atom. The highest BCUT2D eigenvalue weighted by Gasteiger charge is 2.48. The smallest absolute Gasteiger partial charge is 0.305 e. The Morgan fingerprint density at radius 2 is 2.12 bits per heavy atom. The third-order valence-corrected chi connectivity index (χ3v) is 6.15. The first-order valence-corrected chi connectivity index (χ1v) is 10.4. The van der Waals surface area contributed by atoms with Crippen molar-refractivity contribution < 1.29 is 19.7 Å². The van der Waals surface area contributed by atoms with Gasteiger partial charge in [0.1, 0.15) is 5.72 Å². The monoisotopic (exact) mass is 367 g/mol. The van der Waals surface area contributed by atoms with Gasteiger partial charge in [-0.2, -0.15) is 0 Å². The number of esters is 1. The number of unbranched alkanes of at least 4 members (excludes halogenated alkanes) is 3. The van der Waals surface area contributed by atoms with Gasteiger partial charge >= 0.3 is 5.97 Å². The van der Waals surface area contributed by atoms with Gasteiger partial charge in [0.05, 0.1) is 13.2 Å². The lowest BCUT2D eigenvalue weighted by atomic mass is 9.80. The lowest BCUT2D eigenvalue weighted by molar-refractivity contribution is -0.140. The molecule has 2 rings (SSSR count). The fourth-order valence-corrected chi connectivity index (χ4v) is 4.63. The fourth-order valence-electron chi connectivity index (χ4n) is 4.63. The summed E-state index contributed by atoms with van der Waals surface area (Å²) in [4.78, 5) is 11.1. The van der Waals surface area contributed by atoms with Crippen molar-refractivity contribution in [1.29, 1.82) is 0 Å². The summed E-state index contributed by atoms with van der Waals surface area (Å²) in [5.74, 6) is 0.549. The highest BCUT2D eigenvalue weighted by atomic mass is 16.5. The summed E-state index contributed by atoms with van der Waals surface area (Å²) in [5.41, 5.74) is -0.741. The Morgan fingerprint density at radius 1 is 1.31 bits per heavy atom. The molecule has 1 aliphatic carbocycles. The second-order valence-electron chi connectivity index (χ2n) is 8.08. The third kappa shape index (κ3) is 6.07. The number of hydrogen-bond acceptors (Lipinski definition) is 5. The number of aliphatic hydroxyl groups excluding tert-OH is 1. The van der Waals surface area contributed by atoms with Crippen molar-refractivity contribution in [3.63, 3.8) is 0 Å². The zero-order chi connectivity index (χ0) is 19.0. The molecule has 2 fully saturated rings. The summed E-state index contributed by atoms with van der Waals surface area (Å²) in [5, 5.41) is 24.8. The second kappa shape index (κ2) is 10.4. The average molecular weight is 368 g/mol. The molecular weight excluding hydrogens is 330 g/mol. The van der Waals surface area contributed by atoms with Gasteiger partial charge in [-0.3, -0.25) is 10.1 Å². The summed E-state index contributed by atoms with van der Waals surface area (Å²) in [6, 6.07) is 0.225. The molecule has 150 valence electrons. The van der Waals surface area contributed by atoms with Crippen molar-refractivity contribution in [2.24, 2.45) is 11.8 Å². The summed E-state index contributed by atoms with van der Waals surface area (Å²) in [7, 11) is 1.42. The van der Waals surface area contributed by atoms with Gasteiger partial charge in [0.15, 0.2) is 0 Å². The molecule has 0 aromatic heterocycles. The van der Waals surface area contributed by atoms with E-state index in [-0.39, 0.29) is 24.0 Å². The van der Waals surface area contributed by atoms with E-state index in [9.17, 15) is 15.0 Å². The average Bonchev–Trinajstić information content (AvgIpc) is 2.91. The van der Waals surface area contributed by atoms with Crippen molar-refractivity contribution in [3.05, 3.63) is 12.2 Å². The number of piperidine rings is 1. The Hall–Kier alpha value is -0.910. The van der Waals surface area contributed by atoms with E-state index in [4.69, 9.17) is 0 Å². The van der Waals surface area contributed by atoms with Crippen LogP contribution in [-0.2, 0) is 9.53 Å². The third-order valence-electron chi connectivity index (χ3n) is 6.15. The topological polar surface area (TPSA) is 78.8 Å². The molecule has 0 aromatic rings. The number of carbonyl (C=O) groups excluding carboxylic acids is 1. The zero-order valence-electron chi connectivity index (χ0n) is 16.5. The van der Waals surface area contributed by atoms with Gasteiger partial charge in [-0.1, -0.05) is 31.9 Å². The number of aliphatic hydroxyl groups is 2. The van der Waals surface area contributed by atoms with Gasteiger partial charge < -0.3 is 14.9 Å². The number of hydrogen-bond donors (Lipinski definition) is 3. The number of methoxy groups -OCH3 is 1. The minimum atomic E-state index is -0.741. The summed E-state index contributed by atoms with van der Waals surface area (Å²) in [6.07, 6.45) is 13.6. The van der Waals surface area contributed by atoms with Crippen molar-refractivity contribution in [3.8, 4) is 0 Å². The first-order valence-electron chi connectivity index (χ1n) is 10.4. The molecule has 0 aromatic carbocycles. The van der Waals surface area contributed by atoms with Crippen LogP contribution in [0.1, 0.15) is 77.6 Å². The van der Waals surface area contributed by atoms with Gasteiger partial charge in [-0.25, -0.2) is 0 Å². The Bertz CT molecular complexity index is 467. The predicted molar refractivity (Wildman–Crippen MR) is 102 cm³/mol. The number of carbonyl (C=O) groups is 1. The minimum absolute atomic E-state index is 0.160. The molecule has 3 N–H and O–H groups in total. The van der Waals surface area contributed by atoms with E-state index in [0.717, 1.165) is 64.2 Å². The van der Waals surface area contributed by atoms with Gasteiger partial charge in [0, 0.05) is 12.5 Å². The maximum Gasteiger partial charge on any atom is 0.305 e. The highest BCUT2D eigenvalue weighted by molar-refractivity contribution is 5.69. The molecule has 5 nitrogen and oxygen atoms in total. The molecule has 0 spiro atoms. The van der Waals surface area contributed by atoms with Gasteiger partial charge in [0.2, 0.25) is 0 Å². The van der Waals surface area contributed by atoms with Crippen LogP contribution < -0.4 is 5.32 Å². The van der Waals surface area contributed by atoms with Gasteiger partial charge in [0.25, 0.3) is 0 Å². The molecule has 1 saturated carbocycles. The molecule has 1 saturated heterocycles. The molecule has 0 bridgehead atoms. The van der Waals surface area contributed by atoms with E-state index in [1.165, 1.54) is 7.11 Å². The van der Waals surface area contributed by atoms with Crippen LogP contribution in [0.3, 0.4) is 0 Å². The molecule has 5 heteroatoms. The van der Waals surface area contributed by atoms with Crippen LogP contribution in [0.25, 0.3) is 0 Å². The number of ether oxygens (including phenoxy) is 1. The van der Waals surface area contributed by atoms with E-state index in [0.29, 0.717) is 12.3 Å². The van der Waals surface area contributed by atoms with E-state index < -0.39 is 5.72 Å². The summed E-state index contributed by atoms with van der Waals surface area (Å²) < 4.78 is 4.64. The van der Waals surface area contributed by atoms with Crippen molar-refractivity contribution in [2.75, 3.05) is 7.11 Å². The molecule has 5 atom stereocenters. The molecule has 0 radical (unpaired) electrons. The summed E-state index contributed by atoms with van der Waals surface area (Å²) in [6.45, 7) is 2.18. The van der Waals surface area contributed by atoms with Crippen molar-refractivity contribution in [2.45, 2.75) is 95.4 Å². The van der Waals surface area contributed by atoms with Crippen molar-refractivity contribution in [1.82, 2.24) is 5.32 Å². The van der Waals surface area contributed by atoms with Crippen LogP contribution in [0.4, 0.5) is 0 Å². The maximum atomic E-state index is 11.1. The quantitative estimate of drug-likeness (QED) is 0.314. The van der Waals surface area contributed by atoms with E-state index in [2.05, 4.69) is 29.1 Å². The fraction of sp³-hybridized carbons (Fsp3) is 0.857. The predicted octanol–water partition coefficient (Wildman–Crippen LogP) is 3.29. The largest absolute Gasteiger partial charge is 0.469 e. The Balaban J connectivity index is 1.76. The van der Waals surface area contributed by atoms with E-state index >= 15 is 0 Å². The van der Waals surface area contributed by atoms with Crippen molar-refractivity contribution >= 4 is 5.97 Å². The molecule has 1 aliphatic heterocycles.